The van der Waals surface area contributed by atoms with Crippen LogP contribution in [0.4, 0.5) is 0 Å². The Kier molecular flexibility index (Phi) is 4.34. The van der Waals surface area contributed by atoms with E-state index in [-0.39, 0.29) is 6.42 Å². The molecule has 0 bridgehead atoms. The molecule has 1 aromatic carbocycles. The minimum absolute atomic E-state index is 0.357. The largest absolute Gasteiger partial charge is 0.481 e. The van der Waals surface area contributed by atoms with Crippen LogP contribution in [0, 0.1) is 0 Å². The summed E-state index contributed by atoms with van der Waals surface area (Å²) in [5.41, 5.74) is 5.39. The first-order valence-corrected chi connectivity index (χ1v) is 5.73. The molecule has 0 aliphatic rings. The van der Waals surface area contributed by atoms with Gasteiger partial charge in [0.25, 0.3) is 8.03 Å². The van der Waals surface area contributed by atoms with E-state index >= 15 is 0 Å². The molecule has 0 aromatic heterocycles. The summed E-state index contributed by atoms with van der Waals surface area (Å²) in [6.07, 6.45) is -0.357. The van der Waals surface area contributed by atoms with Crippen LogP contribution in [0.15, 0.2) is 30.3 Å². The minimum Gasteiger partial charge on any atom is -0.481 e. The molecule has 5 nitrogen and oxygen atoms in total. The highest BCUT2D eigenvalue weighted by atomic mass is 31.1. The third kappa shape index (κ3) is 4.14. The zero-order chi connectivity index (χ0) is 11.3. The van der Waals surface area contributed by atoms with E-state index in [1.807, 2.05) is 0 Å². The third-order valence-electron chi connectivity index (χ3n) is 1.66. The van der Waals surface area contributed by atoms with Crippen LogP contribution in [0.3, 0.4) is 0 Å². The summed E-state index contributed by atoms with van der Waals surface area (Å²) in [5.74, 6) is -1.60. The second-order valence-electron chi connectivity index (χ2n) is 2.94. The molecule has 1 aromatic rings. The van der Waals surface area contributed by atoms with Crippen LogP contribution in [0.25, 0.3) is 0 Å². The number of carboxylic acids is 1. The Balaban J connectivity index is 2.52. The van der Waals surface area contributed by atoms with Crippen LogP contribution in [-0.4, -0.2) is 16.9 Å². The maximum absolute atomic E-state index is 11.4. The topological polar surface area (TPSA) is 89.6 Å². The van der Waals surface area contributed by atoms with Crippen LogP contribution in [-0.2, 0) is 9.36 Å². The molecule has 2 atom stereocenters. The molecule has 0 saturated carbocycles. The number of hydrogen-bond donors (Lipinski definition) is 2. The predicted molar refractivity (Wildman–Crippen MR) is 56.3 cm³/mol. The van der Waals surface area contributed by atoms with Crippen molar-refractivity contribution in [3.63, 3.8) is 0 Å². The van der Waals surface area contributed by atoms with Crippen LogP contribution in [0.1, 0.15) is 6.42 Å². The van der Waals surface area contributed by atoms with E-state index in [0.29, 0.717) is 5.75 Å². The van der Waals surface area contributed by atoms with Gasteiger partial charge in [0.2, 0.25) is 0 Å². The average molecular weight is 229 g/mol. The maximum Gasteiger partial charge on any atom is 0.305 e. The lowest BCUT2D eigenvalue weighted by Gasteiger charge is -2.10. The summed E-state index contributed by atoms with van der Waals surface area (Å²) in [7, 11) is -2.57. The number of carboxylic acid groups (broad SMARTS) is 1. The third-order valence-corrected chi connectivity index (χ3v) is 2.91. The Morgan fingerprint density at radius 3 is 2.60 bits per heavy atom. The number of hydrogen-bond acceptors (Lipinski definition) is 4. The number of para-hydroxylation sites is 1. The molecule has 2 unspecified atom stereocenters. The first kappa shape index (κ1) is 11.8. The highest BCUT2D eigenvalue weighted by Crippen LogP contribution is 2.30. The van der Waals surface area contributed by atoms with Gasteiger partial charge in [-0.3, -0.25) is 9.36 Å². The SMILES string of the molecule is NC(CC(=O)O)[PH](=O)Oc1ccccc1. The van der Waals surface area contributed by atoms with Crippen molar-refractivity contribution in [3.8, 4) is 5.75 Å². The van der Waals surface area contributed by atoms with E-state index in [2.05, 4.69) is 0 Å². The molecule has 0 heterocycles. The molecule has 15 heavy (non-hydrogen) atoms. The summed E-state index contributed by atoms with van der Waals surface area (Å²) in [6.45, 7) is 0. The van der Waals surface area contributed by atoms with Crippen molar-refractivity contribution in [2.24, 2.45) is 5.73 Å². The van der Waals surface area contributed by atoms with Gasteiger partial charge in [-0.2, -0.15) is 0 Å². The number of benzene rings is 1. The van der Waals surface area contributed by atoms with Gasteiger partial charge in [-0.25, -0.2) is 0 Å². The predicted octanol–water partition coefficient (Wildman–Crippen LogP) is 1.30. The van der Waals surface area contributed by atoms with Crippen LogP contribution in [0.2, 0.25) is 0 Å². The van der Waals surface area contributed by atoms with E-state index < -0.39 is 19.8 Å². The smallest absolute Gasteiger partial charge is 0.305 e. The van der Waals surface area contributed by atoms with Gasteiger partial charge in [0.05, 0.1) is 6.42 Å². The fourth-order valence-electron chi connectivity index (χ4n) is 0.952. The Bertz CT molecular complexity index is 354. The Hall–Kier alpha value is -1.32. The average Bonchev–Trinajstić information content (AvgIpc) is 2.18. The summed E-state index contributed by atoms with van der Waals surface area (Å²) in [4.78, 5) is 10.3. The zero-order valence-corrected chi connectivity index (χ0v) is 8.92. The fraction of sp³-hybridized carbons (Fsp3) is 0.222. The molecule has 0 spiro atoms. The number of aliphatic carboxylic acids is 1. The first-order valence-electron chi connectivity index (χ1n) is 4.33. The monoisotopic (exact) mass is 229 g/mol. The molecule has 0 aliphatic heterocycles. The van der Waals surface area contributed by atoms with Gasteiger partial charge in [-0.15, -0.1) is 0 Å². The van der Waals surface area contributed by atoms with Gasteiger partial charge in [-0.1, -0.05) is 18.2 Å². The second kappa shape index (κ2) is 5.53. The molecule has 3 N–H and O–H groups in total. The van der Waals surface area contributed by atoms with E-state index in [1.165, 1.54) is 0 Å². The van der Waals surface area contributed by atoms with Crippen molar-refractivity contribution < 1.29 is 19.0 Å². The number of rotatable bonds is 5. The molecule has 82 valence electrons. The van der Waals surface area contributed by atoms with E-state index in [9.17, 15) is 9.36 Å². The Morgan fingerprint density at radius 2 is 2.07 bits per heavy atom. The molecule has 0 amide bonds. The summed E-state index contributed by atoms with van der Waals surface area (Å²) in [5, 5.41) is 8.44. The van der Waals surface area contributed by atoms with Crippen molar-refractivity contribution in [3.05, 3.63) is 30.3 Å². The zero-order valence-electron chi connectivity index (χ0n) is 7.92. The van der Waals surface area contributed by atoms with Gasteiger partial charge in [0, 0.05) is 0 Å². The first-order chi connectivity index (χ1) is 7.09. The lowest BCUT2D eigenvalue weighted by Crippen LogP contribution is -2.20. The van der Waals surface area contributed by atoms with Crippen molar-refractivity contribution >= 4 is 14.0 Å². The van der Waals surface area contributed by atoms with Gasteiger partial charge >= 0.3 is 5.97 Å². The molecular weight excluding hydrogens is 217 g/mol. The summed E-state index contributed by atoms with van der Waals surface area (Å²) < 4.78 is 16.5. The quantitative estimate of drug-likeness (QED) is 0.742. The lowest BCUT2D eigenvalue weighted by molar-refractivity contribution is -0.137. The van der Waals surface area contributed by atoms with Crippen molar-refractivity contribution in [1.29, 1.82) is 0 Å². The molecule has 0 radical (unpaired) electrons. The van der Waals surface area contributed by atoms with Gasteiger partial charge in [0.1, 0.15) is 11.5 Å². The molecule has 0 fully saturated rings. The maximum atomic E-state index is 11.4. The standard InChI is InChI=1S/C9H12NO4P/c10-8(6-9(11)12)15(13)14-7-4-2-1-3-5-7/h1-5,8,15H,6,10H2,(H,11,12). The Morgan fingerprint density at radius 1 is 1.47 bits per heavy atom. The van der Waals surface area contributed by atoms with E-state index in [4.69, 9.17) is 15.4 Å². The van der Waals surface area contributed by atoms with Crippen LogP contribution in [0.5, 0.6) is 5.75 Å². The van der Waals surface area contributed by atoms with Gasteiger partial charge in [0.15, 0.2) is 0 Å². The summed E-state index contributed by atoms with van der Waals surface area (Å²) in [6, 6.07) is 8.52. The summed E-state index contributed by atoms with van der Waals surface area (Å²) >= 11 is 0. The molecule has 6 heteroatoms. The van der Waals surface area contributed by atoms with Crippen LogP contribution < -0.4 is 10.3 Å². The van der Waals surface area contributed by atoms with Crippen molar-refractivity contribution in [2.45, 2.75) is 12.2 Å². The fourth-order valence-corrected chi connectivity index (χ4v) is 1.81. The van der Waals surface area contributed by atoms with Crippen molar-refractivity contribution in [2.75, 3.05) is 0 Å². The van der Waals surface area contributed by atoms with E-state index in [0.717, 1.165) is 0 Å². The lowest BCUT2D eigenvalue weighted by atomic mass is 10.3. The van der Waals surface area contributed by atoms with Gasteiger partial charge < -0.3 is 15.4 Å². The molecule has 0 aliphatic carbocycles. The van der Waals surface area contributed by atoms with E-state index in [1.54, 1.807) is 30.3 Å². The molecule has 1 rings (SSSR count). The van der Waals surface area contributed by atoms with Gasteiger partial charge in [-0.05, 0) is 12.1 Å². The molecular formula is C9H12NO4P. The number of nitrogens with two attached hydrogens (primary N) is 1. The number of carbonyl (C=O) groups is 1. The van der Waals surface area contributed by atoms with Crippen molar-refractivity contribution in [1.82, 2.24) is 0 Å². The second-order valence-corrected chi connectivity index (χ2v) is 4.52. The normalized spacial score (nSPS) is 14.2. The highest BCUT2D eigenvalue weighted by molar-refractivity contribution is 7.40. The molecule has 0 saturated heterocycles. The Labute approximate surface area is 87.7 Å². The van der Waals surface area contributed by atoms with Crippen LogP contribution >= 0.6 is 8.03 Å². The highest BCUT2D eigenvalue weighted by Gasteiger charge is 2.16. The minimum atomic E-state index is -2.57.